The van der Waals surface area contributed by atoms with E-state index >= 15 is 0 Å². The first-order valence-corrected chi connectivity index (χ1v) is 8.55. The predicted octanol–water partition coefficient (Wildman–Crippen LogP) is 2.15. The maximum atomic E-state index is 11.5. The summed E-state index contributed by atoms with van der Waals surface area (Å²) in [5, 5.41) is 3.16. The molecule has 100 valence electrons. The van der Waals surface area contributed by atoms with Crippen molar-refractivity contribution in [3.05, 3.63) is 12.2 Å². The predicted molar refractivity (Wildman–Crippen MR) is 72.9 cm³/mol. The lowest BCUT2D eigenvalue weighted by Gasteiger charge is -2.25. The largest absolute Gasteiger partial charge is 0.317 e. The molecular weight excluding hydrogens is 234 g/mol. The summed E-state index contributed by atoms with van der Waals surface area (Å²) in [6, 6.07) is 0. The molecule has 0 aromatic carbocycles. The van der Waals surface area contributed by atoms with Crippen LogP contribution in [0.15, 0.2) is 12.2 Å². The van der Waals surface area contributed by atoms with Gasteiger partial charge in [0.15, 0.2) is 0 Å². The molecule has 0 aromatic heterocycles. The van der Waals surface area contributed by atoms with Gasteiger partial charge in [-0.1, -0.05) is 25.5 Å². The van der Waals surface area contributed by atoms with Gasteiger partial charge in [-0.15, -0.1) is 0 Å². The van der Waals surface area contributed by atoms with E-state index in [0.717, 1.165) is 45.2 Å². The summed E-state index contributed by atoms with van der Waals surface area (Å²) in [6.45, 7) is 4.12. The van der Waals surface area contributed by atoms with Gasteiger partial charge >= 0.3 is 0 Å². The van der Waals surface area contributed by atoms with Crippen LogP contribution in [0.25, 0.3) is 0 Å². The third-order valence-corrected chi connectivity index (χ3v) is 5.06. The van der Waals surface area contributed by atoms with E-state index in [1.165, 1.54) is 6.26 Å². The molecule has 0 aromatic rings. The van der Waals surface area contributed by atoms with Gasteiger partial charge in [0.25, 0.3) is 0 Å². The van der Waals surface area contributed by atoms with Crippen LogP contribution in [0.4, 0.5) is 0 Å². The van der Waals surface area contributed by atoms with E-state index in [1.54, 1.807) is 0 Å². The van der Waals surface area contributed by atoms with Gasteiger partial charge in [-0.2, -0.15) is 0 Å². The van der Waals surface area contributed by atoms with Gasteiger partial charge in [-0.25, -0.2) is 8.42 Å². The van der Waals surface area contributed by atoms with Crippen molar-refractivity contribution in [2.45, 2.75) is 44.3 Å². The Kier molecular flexibility index (Phi) is 6.20. The topological polar surface area (TPSA) is 46.2 Å². The molecule has 1 aliphatic rings. The molecule has 0 saturated heterocycles. The van der Waals surface area contributed by atoms with E-state index < -0.39 is 9.84 Å². The smallest absolute Gasteiger partial charge is 0.150 e. The summed E-state index contributed by atoms with van der Waals surface area (Å²) in [4.78, 5) is 0. The normalized spacial score (nSPS) is 26.5. The Morgan fingerprint density at radius 3 is 2.76 bits per heavy atom. The zero-order valence-corrected chi connectivity index (χ0v) is 11.8. The van der Waals surface area contributed by atoms with Crippen LogP contribution in [-0.2, 0) is 9.84 Å². The summed E-state index contributed by atoms with van der Waals surface area (Å²) in [6.07, 6.45) is 10.7. The number of hydrogen-bond acceptors (Lipinski definition) is 3. The molecule has 0 heterocycles. The maximum absolute atomic E-state index is 11.5. The summed E-state index contributed by atoms with van der Waals surface area (Å²) >= 11 is 0. The molecular formula is C13H25NO2S. The Hall–Kier alpha value is -0.350. The van der Waals surface area contributed by atoms with Crippen molar-refractivity contribution in [2.24, 2.45) is 5.92 Å². The van der Waals surface area contributed by atoms with Gasteiger partial charge in [0.1, 0.15) is 9.84 Å². The van der Waals surface area contributed by atoms with Gasteiger partial charge < -0.3 is 5.32 Å². The van der Waals surface area contributed by atoms with Gasteiger partial charge in [0, 0.05) is 6.26 Å². The average molecular weight is 259 g/mol. The first-order chi connectivity index (χ1) is 8.04. The minimum absolute atomic E-state index is 0.111. The van der Waals surface area contributed by atoms with E-state index in [2.05, 4.69) is 24.4 Å². The Morgan fingerprint density at radius 1 is 1.35 bits per heavy atom. The second-order valence-corrected chi connectivity index (χ2v) is 7.27. The Morgan fingerprint density at radius 2 is 2.12 bits per heavy atom. The molecule has 1 fully saturated rings. The monoisotopic (exact) mass is 259 g/mol. The lowest BCUT2D eigenvalue weighted by atomic mass is 9.88. The van der Waals surface area contributed by atoms with E-state index in [9.17, 15) is 8.42 Å². The van der Waals surface area contributed by atoms with Crippen LogP contribution in [0.1, 0.15) is 39.0 Å². The molecule has 2 atom stereocenters. The van der Waals surface area contributed by atoms with Crippen molar-refractivity contribution in [2.75, 3.05) is 19.3 Å². The quantitative estimate of drug-likeness (QED) is 0.587. The van der Waals surface area contributed by atoms with Crippen LogP contribution in [0, 0.1) is 5.92 Å². The fourth-order valence-electron chi connectivity index (χ4n) is 2.40. The molecule has 0 radical (unpaired) electrons. The SMILES string of the molecule is CCNCCC=CC1CCCC(S(C)(=O)=O)C1. The molecule has 0 bridgehead atoms. The molecule has 1 rings (SSSR count). The fraction of sp³-hybridized carbons (Fsp3) is 0.846. The fourth-order valence-corrected chi connectivity index (χ4v) is 3.59. The van der Waals surface area contributed by atoms with Gasteiger partial charge in [0.05, 0.1) is 5.25 Å². The second kappa shape index (κ2) is 7.17. The maximum Gasteiger partial charge on any atom is 0.150 e. The Labute approximate surface area is 106 Å². The van der Waals surface area contributed by atoms with E-state index in [4.69, 9.17) is 0 Å². The number of hydrogen-bond donors (Lipinski definition) is 1. The van der Waals surface area contributed by atoms with Gasteiger partial charge in [0.2, 0.25) is 0 Å². The first kappa shape index (κ1) is 14.7. The summed E-state index contributed by atoms with van der Waals surface area (Å²) in [5.74, 6) is 0.463. The van der Waals surface area contributed by atoms with Crippen molar-refractivity contribution in [1.29, 1.82) is 0 Å². The molecule has 3 nitrogen and oxygen atoms in total. The highest BCUT2D eigenvalue weighted by Gasteiger charge is 2.27. The molecule has 4 heteroatoms. The van der Waals surface area contributed by atoms with Crippen LogP contribution in [-0.4, -0.2) is 33.0 Å². The lowest BCUT2D eigenvalue weighted by Crippen LogP contribution is -2.26. The molecule has 1 N–H and O–H groups in total. The van der Waals surface area contributed by atoms with Crippen molar-refractivity contribution >= 4 is 9.84 Å². The number of allylic oxidation sites excluding steroid dienone is 1. The summed E-state index contributed by atoms with van der Waals surface area (Å²) in [7, 11) is -2.84. The van der Waals surface area contributed by atoms with Crippen LogP contribution in [0.2, 0.25) is 0 Å². The minimum Gasteiger partial charge on any atom is -0.317 e. The molecule has 17 heavy (non-hydrogen) atoms. The highest BCUT2D eigenvalue weighted by atomic mass is 32.2. The Balaban J connectivity index is 2.34. The highest BCUT2D eigenvalue weighted by molar-refractivity contribution is 7.91. The van der Waals surface area contributed by atoms with Crippen molar-refractivity contribution in [1.82, 2.24) is 5.32 Å². The van der Waals surface area contributed by atoms with Crippen LogP contribution >= 0.6 is 0 Å². The summed E-state index contributed by atoms with van der Waals surface area (Å²) < 4.78 is 23.0. The van der Waals surface area contributed by atoms with Gasteiger partial charge in [-0.05, 0) is 44.7 Å². The third-order valence-electron chi connectivity index (χ3n) is 3.42. The third kappa shape index (κ3) is 5.68. The highest BCUT2D eigenvalue weighted by Crippen LogP contribution is 2.29. The molecule has 0 amide bonds. The summed E-state index contributed by atoms with van der Waals surface area (Å²) in [5.41, 5.74) is 0. The molecule has 1 saturated carbocycles. The van der Waals surface area contributed by atoms with Crippen molar-refractivity contribution in [3.63, 3.8) is 0 Å². The number of nitrogens with one attached hydrogen (secondary N) is 1. The van der Waals surface area contributed by atoms with Crippen LogP contribution < -0.4 is 5.32 Å². The molecule has 2 unspecified atom stereocenters. The number of rotatable bonds is 6. The molecule has 0 aliphatic heterocycles. The Bertz CT molecular complexity index is 335. The second-order valence-electron chi connectivity index (χ2n) is 4.95. The molecule has 1 aliphatic carbocycles. The lowest BCUT2D eigenvalue weighted by molar-refractivity contribution is 0.414. The van der Waals surface area contributed by atoms with Crippen molar-refractivity contribution in [3.8, 4) is 0 Å². The van der Waals surface area contributed by atoms with Crippen LogP contribution in [0.5, 0.6) is 0 Å². The van der Waals surface area contributed by atoms with E-state index in [1.807, 2.05) is 0 Å². The standard InChI is InChI=1S/C13H25NO2S/c1-3-14-10-5-4-7-12-8-6-9-13(11-12)17(2,15)16/h4,7,12-14H,3,5-6,8-11H2,1-2H3. The van der Waals surface area contributed by atoms with E-state index in [0.29, 0.717) is 5.92 Å². The molecule has 0 spiro atoms. The first-order valence-electron chi connectivity index (χ1n) is 6.60. The zero-order valence-electron chi connectivity index (χ0n) is 11.0. The number of sulfone groups is 1. The average Bonchev–Trinajstić information content (AvgIpc) is 2.28. The minimum atomic E-state index is -2.84. The van der Waals surface area contributed by atoms with Crippen LogP contribution in [0.3, 0.4) is 0 Å². The van der Waals surface area contributed by atoms with E-state index in [-0.39, 0.29) is 5.25 Å². The van der Waals surface area contributed by atoms with Crippen molar-refractivity contribution < 1.29 is 8.42 Å². The van der Waals surface area contributed by atoms with Gasteiger partial charge in [-0.3, -0.25) is 0 Å². The zero-order chi connectivity index (χ0) is 12.7.